The van der Waals surface area contributed by atoms with Gasteiger partial charge in [-0.25, -0.2) is 4.39 Å². The van der Waals surface area contributed by atoms with E-state index in [4.69, 9.17) is 4.42 Å². The van der Waals surface area contributed by atoms with Crippen LogP contribution in [0.5, 0.6) is 0 Å². The van der Waals surface area contributed by atoms with Crippen LogP contribution in [-0.2, 0) is 0 Å². The Morgan fingerprint density at radius 3 is 2.50 bits per heavy atom. The summed E-state index contributed by atoms with van der Waals surface area (Å²) in [5, 5.41) is 3.07. The number of rotatable bonds is 6. The van der Waals surface area contributed by atoms with E-state index in [-0.39, 0.29) is 17.8 Å². The second-order valence-electron chi connectivity index (χ2n) is 7.61. The zero-order valence-corrected chi connectivity index (χ0v) is 17.1. The summed E-state index contributed by atoms with van der Waals surface area (Å²) in [5.41, 5.74) is 2.75. The van der Waals surface area contributed by atoms with Crippen molar-refractivity contribution >= 4 is 11.6 Å². The van der Waals surface area contributed by atoms with Crippen molar-refractivity contribution in [3.8, 4) is 0 Å². The predicted octanol–water partition coefficient (Wildman–Crippen LogP) is 4.02. The molecule has 1 aromatic heterocycles. The van der Waals surface area contributed by atoms with Crippen molar-refractivity contribution in [1.82, 2.24) is 10.2 Å². The van der Waals surface area contributed by atoms with E-state index in [9.17, 15) is 9.18 Å². The van der Waals surface area contributed by atoms with Gasteiger partial charge in [-0.3, -0.25) is 9.69 Å². The van der Waals surface area contributed by atoms with Crippen LogP contribution in [0.3, 0.4) is 0 Å². The van der Waals surface area contributed by atoms with E-state index in [1.54, 1.807) is 6.26 Å². The molecule has 1 N–H and O–H groups in total. The van der Waals surface area contributed by atoms with E-state index in [2.05, 4.69) is 15.1 Å². The van der Waals surface area contributed by atoms with Gasteiger partial charge in [0.1, 0.15) is 11.6 Å². The van der Waals surface area contributed by atoms with E-state index >= 15 is 0 Å². The number of piperazine rings is 1. The van der Waals surface area contributed by atoms with Crippen LogP contribution in [0.4, 0.5) is 10.1 Å². The molecule has 0 saturated carbocycles. The van der Waals surface area contributed by atoms with Crippen LogP contribution in [0.25, 0.3) is 0 Å². The highest BCUT2D eigenvalue weighted by Gasteiger charge is 2.27. The number of amides is 1. The Labute approximate surface area is 176 Å². The summed E-state index contributed by atoms with van der Waals surface area (Å²) in [5.74, 6) is 0.537. The minimum Gasteiger partial charge on any atom is -0.468 e. The first-order valence-electron chi connectivity index (χ1n) is 10.2. The lowest BCUT2D eigenvalue weighted by atomic mass is 10.1. The number of nitrogens with one attached hydrogen (secondary N) is 1. The van der Waals surface area contributed by atoms with E-state index in [1.165, 1.54) is 12.1 Å². The van der Waals surface area contributed by atoms with E-state index in [1.807, 2.05) is 55.5 Å². The number of anilines is 1. The molecule has 5 nitrogen and oxygen atoms in total. The predicted molar refractivity (Wildman–Crippen MR) is 115 cm³/mol. The van der Waals surface area contributed by atoms with Gasteiger partial charge in [0, 0.05) is 44.0 Å². The number of nitrogens with zero attached hydrogens (tertiary/aromatic N) is 2. The van der Waals surface area contributed by atoms with Crippen LogP contribution in [-0.4, -0.2) is 43.5 Å². The largest absolute Gasteiger partial charge is 0.468 e. The highest BCUT2D eigenvalue weighted by Crippen LogP contribution is 2.24. The van der Waals surface area contributed by atoms with Gasteiger partial charge in [0.2, 0.25) is 0 Å². The molecule has 2 heterocycles. The third-order valence-corrected chi connectivity index (χ3v) is 5.55. The molecule has 1 atom stereocenters. The molecule has 3 aromatic rings. The molecule has 156 valence electrons. The molecular formula is C24H26FN3O2. The van der Waals surface area contributed by atoms with E-state index in [0.29, 0.717) is 12.1 Å². The summed E-state index contributed by atoms with van der Waals surface area (Å²) in [6.07, 6.45) is 1.67. The van der Waals surface area contributed by atoms with Crippen molar-refractivity contribution in [3.63, 3.8) is 0 Å². The number of furan rings is 1. The maximum absolute atomic E-state index is 13.2. The average molecular weight is 407 g/mol. The molecule has 0 bridgehead atoms. The Balaban J connectivity index is 1.41. The third-order valence-electron chi connectivity index (χ3n) is 5.55. The molecule has 0 spiro atoms. The highest BCUT2D eigenvalue weighted by molar-refractivity contribution is 5.94. The molecule has 30 heavy (non-hydrogen) atoms. The summed E-state index contributed by atoms with van der Waals surface area (Å²) in [7, 11) is 0. The summed E-state index contributed by atoms with van der Waals surface area (Å²) in [6.45, 7) is 5.75. The average Bonchev–Trinajstić information content (AvgIpc) is 3.29. The second kappa shape index (κ2) is 9.13. The number of hydrogen-bond acceptors (Lipinski definition) is 4. The third kappa shape index (κ3) is 4.71. The van der Waals surface area contributed by atoms with Crippen molar-refractivity contribution in [1.29, 1.82) is 0 Å². The van der Waals surface area contributed by atoms with Crippen molar-refractivity contribution in [3.05, 3.63) is 89.6 Å². The van der Waals surface area contributed by atoms with Gasteiger partial charge >= 0.3 is 0 Å². The molecule has 0 radical (unpaired) electrons. The van der Waals surface area contributed by atoms with Crippen molar-refractivity contribution in [2.75, 3.05) is 37.6 Å². The lowest BCUT2D eigenvalue weighted by molar-refractivity contribution is 0.0922. The fraction of sp³-hybridized carbons (Fsp3) is 0.292. The maximum Gasteiger partial charge on any atom is 0.251 e. The SMILES string of the molecule is Cc1cccc(C(=O)NC[C@H](c2ccco2)N2CCN(c3ccc(F)cc3)CC2)c1. The molecule has 1 amide bonds. The monoisotopic (exact) mass is 407 g/mol. The van der Waals surface area contributed by atoms with E-state index in [0.717, 1.165) is 43.2 Å². The van der Waals surface area contributed by atoms with Crippen LogP contribution >= 0.6 is 0 Å². The number of benzene rings is 2. The lowest BCUT2D eigenvalue weighted by Gasteiger charge is -2.39. The molecule has 6 heteroatoms. The van der Waals surface area contributed by atoms with Gasteiger partial charge in [-0.2, -0.15) is 0 Å². The zero-order chi connectivity index (χ0) is 20.9. The normalized spacial score (nSPS) is 15.7. The number of aryl methyl sites for hydroxylation is 1. The molecule has 1 aliphatic heterocycles. The first kappa shape index (κ1) is 20.2. The Hall–Kier alpha value is -3.12. The summed E-state index contributed by atoms with van der Waals surface area (Å²) < 4.78 is 18.9. The van der Waals surface area contributed by atoms with Crippen molar-refractivity contribution in [2.24, 2.45) is 0 Å². The van der Waals surface area contributed by atoms with Crippen LogP contribution in [0.2, 0.25) is 0 Å². The fourth-order valence-electron chi connectivity index (χ4n) is 3.91. The quantitative estimate of drug-likeness (QED) is 0.671. The van der Waals surface area contributed by atoms with E-state index < -0.39 is 0 Å². The Morgan fingerprint density at radius 1 is 1.07 bits per heavy atom. The molecule has 1 aliphatic rings. The van der Waals surface area contributed by atoms with Crippen LogP contribution < -0.4 is 10.2 Å². The van der Waals surface area contributed by atoms with Gasteiger partial charge in [0.05, 0.1) is 12.3 Å². The van der Waals surface area contributed by atoms with Gasteiger partial charge in [-0.1, -0.05) is 17.7 Å². The summed E-state index contributed by atoms with van der Waals surface area (Å²) >= 11 is 0. The standard InChI is InChI=1S/C24H26FN3O2/c1-18-4-2-5-19(16-18)24(29)26-17-22(23-6-3-15-30-23)28-13-11-27(12-14-28)21-9-7-20(25)8-10-21/h2-10,15-16,22H,11-14,17H2,1H3,(H,26,29)/t22-/m1/s1. The van der Waals surface area contributed by atoms with Crippen LogP contribution in [0, 0.1) is 12.7 Å². The molecule has 2 aromatic carbocycles. The minimum atomic E-state index is -0.223. The van der Waals surface area contributed by atoms with Crippen LogP contribution in [0.1, 0.15) is 27.7 Å². The Morgan fingerprint density at radius 2 is 1.83 bits per heavy atom. The first-order valence-corrected chi connectivity index (χ1v) is 10.2. The fourth-order valence-corrected chi connectivity index (χ4v) is 3.91. The molecule has 1 saturated heterocycles. The summed E-state index contributed by atoms with van der Waals surface area (Å²) in [4.78, 5) is 17.2. The van der Waals surface area contributed by atoms with Crippen molar-refractivity contribution in [2.45, 2.75) is 13.0 Å². The summed E-state index contributed by atoms with van der Waals surface area (Å²) in [6, 6.07) is 18.0. The first-order chi connectivity index (χ1) is 14.6. The topological polar surface area (TPSA) is 48.7 Å². The Bertz CT molecular complexity index is 964. The van der Waals surface area contributed by atoms with Gasteiger partial charge in [-0.15, -0.1) is 0 Å². The number of halogens is 1. The van der Waals surface area contributed by atoms with Crippen molar-refractivity contribution < 1.29 is 13.6 Å². The smallest absolute Gasteiger partial charge is 0.251 e. The van der Waals surface area contributed by atoms with Gasteiger partial charge in [-0.05, 0) is 55.5 Å². The molecule has 1 fully saturated rings. The Kier molecular flexibility index (Phi) is 6.14. The zero-order valence-electron chi connectivity index (χ0n) is 17.1. The number of carbonyl (C=O) groups excluding carboxylic acids is 1. The number of carbonyl (C=O) groups is 1. The molecular weight excluding hydrogens is 381 g/mol. The minimum absolute atomic E-state index is 0.0378. The lowest BCUT2D eigenvalue weighted by Crippen LogP contribution is -2.49. The molecule has 4 rings (SSSR count). The van der Waals surface area contributed by atoms with Gasteiger partial charge < -0.3 is 14.6 Å². The molecule has 0 aliphatic carbocycles. The molecule has 0 unspecified atom stereocenters. The van der Waals surface area contributed by atoms with Gasteiger partial charge in [0.15, 0.2) is 0 Å². The van der Waals surface area contributed by atoms with Gasteiger partial charge in [0.25, 0.3) is 5.91 Å². The highest BCUT2D eigenvalue weighted by atomic mass is 19.1. The maximum atomic E-state index is 13.2. The second-order valence-corrected chi connectivity index (χ2v) is 7.61. The van der Waals surface area contributed by atoms with Crippen LogP contribution in [0.15, 0.2) is 71.3 Å². The number of hydrogen-bond donors (Lipinski definition) is 1.